The first-order chi connectivity index (χ1) is 6.77. The Bertz CT molecular complexity index is 264. The Morgan fingerprint density at radius 3 is 2.29 bits per heavy atom. The third-order valence-corrected chi connectivity index (χ3v) is 3.57. The van der Waals surface area contributed by atoms with Gasteiger partial charge in [-0.05, 0) is 12.8 Å². The molecule has 3 nitrogen and oxygen atoms in total. The van der Waals surface area contributed by atoms with Gasteiger partial charge in [-0.1, -0.05) is 12.8 Å². The van der Waals surface area contributed by atoms with Crippen LogP contribution in [0.1, 0.15) is 38.5 Å². The number of hydrogen-bond donors (Lipinski definition) is 0. The molecule has 0 radical (unpaired) electrons. The molecule has 2 rings (SSSR count). The summed E-state index contributed by atoms with van der Waals surface area (Å²) < 4.78 is 0. The fraction of sp³-hybridized carbons (Fsp3) is 0.818. The van der Waals surface area contributed by atoms with Crippen LogP contribution in [-0.4, -0.2) is 29.3 Å². The van der Waals surface area contributed by atoms with Crippen molar-refractivity contribution in [2.24, 2.45) is 0 Å². The molecule has 0 spiro atoms. The number of carbonyl (C=O) groups is 1. The average molecular weight is 192 g/mol. The summed E-state index contributed by atoms with van der Waals surface area (Å²) in [4.78, 5) is 13.3. The summed E-state index contributed by atoms with van der Waals surface area (Å²) in [5.74, 6) is 0.354. The SMILES string of the molecule is N#CC1(N2CCC(=O)CC2)CCCC1. The van der Waals surface area contributed by atoms with Crippen molar-refractivity contribution in [2.45, 2.75) is 44.1 Å². The molecule has 1 aliphatic heterocycles. The van der Waals surface area contributed by atoms with E-state index in [0.717, 1.165) is 38.8 Å². The molecule has 0 bridgehead atoms. The lowest BCUT2D eigenvalue weighted by Gasteiger charge is -2.37. The van der Waals surface area contributed by atoms with Crippen molar-refractivity contribution in [1.29, 1.82) is 5.26 Å². The minimum Gasteiger partial charge on any atom is -0.300 e. The number of carbonyl (C=O) groups excluding carboxylic acids is 1. The second-order valence-corrected chi connectivity index (χ2v) is 4.38. The van der Waals surface area contributed by atoms with E-state index in [1.54, 1.807) is 0 Å². The predicted molar refractivity (Wildman–Crippen MR) is 52.6 cm³/mol. The maximum atomic E-state index is 11.1. The smallest absolute Gasteiger partial charge is 0.135 e. The van der Waals surface area contributed by atoms with Gasteiger partial charge >= 0.3 is 0 Å². The standard InChI is InChI=1S/C11H16N2O/c12-9-11(5-1-2-6-11)13-7-3-10(14)4-8-13/h1-8H2. The summed E-state index contributed by atoms with van der Waals surface area (Å²) in [5.41, 5.74) is -0.222. The summed E-state index contributed by atoms with van der Waals surface area (Å²) in [5, 5.41) is 9.26. The molecule has 1 saturated carbocycles. The normalized spacial score (nSPS) is 27.5. The van der Waals surface area contributed by atoms with Crippen LogP contribution in [0, 0.1) is 11.3 Å². The summed E-state index contributed by atoms with van der Waals surface area (Å²) in [6.07, 6.45) is 5.61. The highest BCUT2D eigenvalue weighted by atomic mass is 16.1. The molecule has 0 aromatic rings. The maximum absolute atomic E-state index is 11.1. The van der Waals surface area contributed by atoms with Gasteiger partial charge < -0.3 is 0 Å². The van der Waals surface area contributed by atoms with E-state index in [4.69, 9.17) is 0 Å². The molecule has 0 aromatic carbocycles. The van der Waals surface area contributed by atoms with Crippen LogP contribution in [0.4, 0.5) is 0 Å². The van der Waals surface area contributed by atoms with Gasteiger partial charge in [0.05, 0.1) is 6.07 Å². The van der Waals surface area contributed by atoms with Gasteiger partial charge in [0.25, 0.3) is 0 Å². The van der Waals surface area contributed by atoms with Crippen molar-refractivity contribution in [3.05, 3.63) is 0 Å². The zero-order chi connectivity index (χ0) is 10.0. The van der Waals surface area contributed by atoms with Crippen LogP contribution < -0.4 is 0 Å². The second kappa shape index (κ2) is 3.70. The number of ketones is 1. The second-order valence-electron chi connectivity index (χ2n) is 4.38. The lowest BCUT2D eigenvalue weighted by atomic mass is 9.94. The fourth-order valence-electron chi connectivity index (χ4n) is 2.64. The Morgan fingerprint density at radius 2 is 1.79 bits per heavy atom. The Morgan fingerprint density at radius 1 is 1.21 bits per heavy atom. The van der Waals surface area contributed by atoms with Crippen LogP contribution >= 0.6 is 0 Å². The molecule has 0 aromatic heterocycles. The zero-order valence-electron chi connectivity index (χ0n) is 8.46. The highest BCUT2D eigenvalue weighted by molar-refractivity contribution is 5.79. The maximum Gasteiger partial charge on any atom is 0.135 e. The minimum atomic E-state index is -0.222. The van der Waals surface area contributed by atoms with Gasteiger partial charge in [-0.15, -0.1) is 0 Å². The Labute approximate surface area is 84.7 Å². The van der Waals surface area contributed by atoms with Crippen LogP contribution in [0.25, 0.3) is 0 Å². The zero-order valence-corrected chi connectivity index (χ0v) is 8.46. The van der Waals surface area contributed by atoms with E-state index in [-0.39, 0.29) is 5.54 Å². The number of Topliss-reactive ketones (excluding diaryl/α,β-unsaturated/α-hetero) is 1. The van der Waals surface area contributed by atoms with E-state index < -0.39 is 0 Å². The van der Waals surface area contributed by atoms with E-state index in [9.17, 15) is 10.1 Å². The van der Waals surface area contributed by atoms with Crippen LogP contribution in [0.5, 0.6) is 0 Å². The van der Waals surface area contributed by atoms with Crippen LogP contribution in [0.3, 0.4) is 0 Å². The molecule has 2 fully saturated rings. The van der Waals surface area contributed by atoms with Gasteiger partial charge in [0.1, 0.15) is 11.3 Å². The molecule has 1 saturated heterocycles. The van der Waals surface area contributed by atoms with Crippen molar-refractivity contribution in [3.63, 3.8) is 0 Å². The minimum absolute atomic E-state index is 0.222. The Balaban J connectivity index is 2.06. The molecule has 76 valence electrons. The Hall–Kier alpha value is -0.880. The molecule has 3 heteroatoms. The lowest BCUT2D eigenvalue weighted by Crippen LogP contribution is -2.49. The molecular weight excluding hydrogens is 176 g/mol. The number of piperidine rings is 1. The lowest BCUT2D eigenvalue weighted by molar-refractivity contribution is -0.122. The van der Waals surface area contributed by atoms with Crippen molar-refractivity contribution in [3.8, 4) is 6.07 Å². The monoisotopic (exact) mass is 192 g/mol. The van der Waals surface area contributed by atoms with Crippen molar-refractivity contribution in [1.82, 2.24) is 4.90 Å². The highest BCUT2D eigenvalue weighted by Crippen LogP contribution is 2.35. The number of hydrogen-bond acceptors (Lipinski definition) is 3. The molecule has 0 atom stereocenters. The summed E-state index contributed by atoms with van der Waals surface area (Å²) >= 11 is 0. The molecule has 14 heavy (non-hydrogen) atoms. The van der Waals surface area contributed by atoms with Crippen molar-refractivity contribution >= 4 is 5.78 Å². The van der Waals surface area contributed by atoms with Gasteiger partial charge in [-0.2, -0.15) is 5.26 Å². The molecule has 1 aliphatic carbocycles. The summed E-state index contributed by atoms with van der Waals surface area (Å²) in [7, 11) is 0. The first-order valence-corrected chi connectivity index (χ1v) is 5.45. The van der Waals surface area contributed by atoms with Crippen LogP contribution in [-0.2, 0) is 4.79 Å². The highest BCUT2D eigenvalue weighted by Gasteiger charge is 2.40. The topological polar surface area (TPSA) is 44.1 Å². The van der Waals surface area contributed by atoms with Gasteiger partial charge in [0.2, 0.25) is 0 Å². The van der Waals surface area contributed by atoms with Gasteiger partial charge in [0, 0.05) is 25.9 Å². The average Bonchev–Trinajstić information content (AvgIpc) is 2.68. The van der Waals surface area contributed by atoms with Crippen LogP contribution in [0.2, 0.25) is 0 Å². The van der Waals surface area contributed by atoms with E-state index in [1.807, 2.05) is 0 Å². The predicted octanol–water partition coefficient (Wildman–Crippen LogP) is 1.49. The first-order valence-electron chi connectivity index (χ1n) is 5.45. The van der Waals surface area contributed by atoms with Gasteiger partial charge in [0.15, 0.2) is 0 Å². The van der Waals surface area contributed by atoms with Gasteiger partial charge in [-0.3, -0.25) is 9.69 Å². The Kier molecular flexibility index (Phi) is 2.56. The van der Waals surface area contributed by atoms with E-state index in [0.29, 0.717) is 18.6 Å². The summed E-state index contributed by atoms with van der Waals surface area (Å²) in [6, 6.07) is 2.48. The fourth-order valence-corrected chi connectivity index (χ4v) is 2.64. The van der Waals surface area contributed by atoms with E-state index in [1.165, 1.54) is 0 Å². The van der Waals surface area contributed by atoms with Crippen molar-refractivity contribution < 1.29 is 4.79 Å². The molecule has 0 unspecified atom stereocenters. The number of nitriles is 1. The molecular formula is C11H16N2O. The number of likely N-dealkylation sites (tertiary alicyclic amines) is 1. The molecule has 2 aliphatic rings. The largest absolute Gasteiger partial charge is 0.300 e. The van der Waals surface area contributed by atoms with Crippen LogP contribution in [0.15, 0.2) is 0 Å². The van der Waals surface area contributed by atoms with Gasteiger partial charge in [-0.25, -0.2) is 0 Å². The number of rotatable bonds is 1. The molecule has 1 heterocycles. The number of nitrogens with zero attached hydrogens (tertiary/aromatic N) is 2. The quantitative estimate of drug-likeness (QED) is 0.632. The summed E-state index contributed by atoms with van der Waals surface area (Å²) in [6.45, 7) is 1.60. The van der Waals surface area contributed by atoms with Crippen molar-refractivity contribution in [2.75, 3.05) is 13.1 Å². The molecule has 0 amide bonds. The molecule has 0 N–H and O–H groups in total. The van der Waals surface area contributed by atoms with E-state index in [2.05, 4.69) is 11.0 Å². The third-order valence-electron chi connectivity index (χ3n) is 3.57. The van der Waals surface area contributed by atoms with E-state index >= 15 is 0 Å². The third kappa shape index (κ3) is 1.55. The first kappa shape index (κ1) is 9.67.